The first kappa shape index (κ1) is 19.8. The fourth-order valence-electron chi connectivity index (χ4n) is 2.76. The first-order chi connectivity index (χ1) is 13.8. The van der Waals surface area contributed by atoms with E-state index in [-0.39, 0.29) is 17.4 Å². The summed E-state index contributed by atoms with van der Waals surface area (Å²) in [5.41, 5.74) is 2.18. The summed E-state index contributed by atoms with van der Waals surface area (Å²) < 4.78 is 5.66. The Morgan fingerprint density at radius 3 is 2.45 bits per heavy atom. The van der Waals surface area contributed by atoms with E-state index in [2.05, 4.69) is 5.32 Å². The molecule has 7 nitrogen and oxygen atoms in total. The van der Waals surface area contributed by atoms with Gasteiger partial charge in [-0.3, -0.25) is 19.7 Å². The number of aryl methyl sites for hydroxylation is 1. The van der Waals surface area contributed by atoms with Crippen molar-refractivity contribution in [2.24, 2.45) is 0 Å². The van der Waals surface area contributed by atoms with Crippen LogP contribution in [0.5, 0.6) is 0 Å². The number of nitrogens with one attached hydrogen (secondary N) is 1. The van der Waals surface area contributed by atoms with Gasteiger partial charge in [0.1, 0.15) is 11.5 Å². The molecule has 3 aromatic rings. The molecule has 0 bridgehead atoms. The average molecular weight is 390 g/mol. The van der Waals surface area contributed by atoms with Crippen LogP contribution in [-0.4, -0.2) is 16.6 Å². The number of carbonyl (C=O) groups is 2. The topological polar surface area (TPSA) is 102 Å². The van der Waals surface area contributed by atoms with Crippen molar-refractivity contribution in [2.45, 2.75) is 13.8 Å². The van der Waals surface area contributed by atoms with Crippen molar-refractivity contribution in [3.63, 3.8) is 0 Å². The number of nitro benzene ring substituents is 1. The third kappa shape index (κ3) is 4.84. The second-order valence-corrected chi connectivity index (χ2v) is 6.44. The van der Waals surface area contributed by atoms with Gasteiger partial charge in [-0.2, -0.15) is 0 Å². The molecule has 0 fully saturated rings. The Morgan fingerprint density at radius 2 is 1.79 bits per heavy atom. The van der Waals surface area contributed by atoms with Gasteiger partial charge in [0.05, 0.1) is 10.5 Å². The van der Waals surface area contributed by atoms with Crippen LogP contribution in [0.25, 0.3) is 17.4 Å². The van der Waals surface area contributed by atoms with Gasteiger partial charge in [0.2, 0.25) is 5.91 Å². The van der Waals surface area contributed by atoms with Gasteiger partial charge in [-0.25, -0.2) is 0 Å². The highest BCUT2D eigenvalue weighted by molar-refractivity contribution is 6.07. The maximum absolute atomic E-state index is 12.3. The minimum atomic E-state index is -0.450. The van der Waals surface area contributed by atoms with Gasteiger partial charge in [-0.1, -0.05) is 6.07 Å². The Morgan fingerprint density at radius 1 is 1.07 bits per heavy atom. The number of ketones is 1. The molecule has 7 heteroatoms. The van der Waals surface area contributed by atoms with Gasteiger partial charge in [-0.05, 0) is 67.1 Å². The number of furan rings is 1. The third-order valence-electron chi connectivity index (χ3n) is 4.13. The van der Waals surface area contributed by atoms with Gasteiger partial charge in [-0.15, -0.1) is 0 Å². The largest absolute Gasteiger partial charge is 0.456 e. The summed E-state index contributed by atoms with van der Waals surface area (Å²) in [6.45, 7) is 3.19. The van der Waals surface area contributed by atoms with Crippen LogP contribution in [0.1, 0.15) is 28.6 Å². The van der Waals surface area contributed by atoms with Crippen molar-refractivity contribution in [1.82, 2.24) is 0 Å². The maximum Gasteiger partial charge on any atom is 0.280 e. The van der Waals surface area contributed by atoms with E-state index < -0.39 is 4.92 Å². The molecule has 0 atom stereocenters. The molecule has 3 rings (SSSR count). The number of amides is 1. The Hall–Kier alpha value is -4.00. The van der Waals surface area contributed by atoms with Crippen LogP contribution in [0, 0.1) is 17.0 Å². The van der Waals surface area contributed by atoms with Crippen LogP contribution in [-0.2, 0) is 4.79 Å². The fourth-order valence-corrected chi connectivity index (χ4v) is 2.76. The first-order valence-electron chi connectivity index (χ1n) is 8.79. The molecular formula is C22H18N2O5. The lowest BCUT2D eigenvalue weighted by Gasteiger charge is -2.02. The van der Waals surface area contributed by atoms with Crippen molar-refractivity contribution in [1.29, 1.82) is 0 Å². The molecule has 0 spiro atoms. The predicted molar refractivity (Wildman–Crippen MR) is 110 cm³/mol. The first-order valence-corrected chi connectivity index (χ1v) is 8.79. The number of nitro groups is 1. The van der Waals surface area contributed by atoms with E-state index in [0.29, 0.717) is 28.3 Å². The molecule has 2 aromatic carbocycles. The molecule has 0 saturated carbocycles. The third-order valence-corrected chi connectivity index (χ3v) is 4.13. The van der Waals surface area contributed by atoms with E-state index in [1.165, 1.54) is 25.1 Å². The Bertz CT molecular complexity index is 1110. The zero-order valence-corrected chi connectivity index (χ0v) is 15.8. The number of rotatable bonds is 6. The molecule has 146 valence electrons. The fraction of sp³-hybridized carbons (Fsp3) is 0.0909. The van der Waals surface area contributed by atoms with E-state index in [9.17, 15) is 19.7 Å². The summed E-state index contributed by atoms with van der Waals surface area (Å²) >= 11 is 0. The molecule has 1 amide bonds. The van der Waals surface area contributed by atoms with Gasteiger partial charge >= 0.3 is 0 Å². The summed E-state index contributed by atoms with van der Waals surface area (Å²) in [5, 5.41) is 13.9. The lowest BCUT2D eigenvalue weighted by atomic mass is 10.1. The van der Waals surface area contributed by atoms with Gasteiger partial charge in [0, 0.05) is 24.2 Å². The molecule has 1 aromatic heterocycles. The molecular weight excluding hydrogens is 372 g/mol. The lowest BCUT2D eigenvalue weighted by Crippen LogP contribution is -2.05. The second-order valence-electron chi connectivity index (χ2n) is 6.44. The minimum Gasteiger partial charge on any atom is -0.456 e. The van der Waals surface area contributed by atoms with Crippen molar-refractivity contribution in [3.8, 4) is 11.3 Å². The van der Waals surface area contributed by atoms with Crippen molar-refractivity contribution >= 4 is 29.1 Å². The number of carbonyl (C=O) groups excluding carboxylic acids is 2. The molecule has 0 unspecified atom stereocenters. The smallest absolute Gasteiger partial charge is 0.280 e. The molecule has 0 radical (unpaired) electrons. The van der Waals surface area contributed by atoms with Crippen LogP contribution < -0.4 is 5.32 Å². The molecule has 1 N–H and O–H groups in total. The number of hydrogen-bond donors (Lipinski definition) is 1. The number of benzene rings is 2. The Balaban J connectivity index is 1.76. The average Bonchev–Trinajstić information content (AvgIpc) is 3.15. The number of nitrogens with zero attached hydrogens (tertiary/aromatic N) is 1. The Kier molecular flexibility index (Phi) is 5.69. The molecule has 0 aliphatic rings. The summed E-state index contributed by atoms with van der Waals surface area (Å²) in [6, 6.07) is 14.7. The molecule has 0 aliphatic heterocycles. The van der Waals surface area contributed by atoms with Crippen molar-refractivity contribution in [2.75, 3.05) is 5.32 Å². The van der Waals surface area contributed by atoms with E-state index in [1.54, 1.807) is 55.5 Å². The van der Waals surface area contributed by atoms with E-state index in [4.69, 9.17) is 4.42 Å². The zero-order chi connectivity index (χ0) is 21.0. The number of allylic oxidation sites excluding steroid dienone is 1. The van der Waals surface area contributed by atoms with Crippen LogP contribution >= 0.6 is 0 Å². The lowest BCUT2D eigenvalue weighted by molar-refractivity contribution is -0.384. The summed E-state index contributed by atoms with van der Waals surface area (Å²) in [4.78, 5) is 34.2. The molecule has 0 aliphatic carbocycles. The number of anilines is 1. The summed E-state index contributed by atoms with van der Waals surface area (Å²) in [7, 11) is 0. The molecule has 1 heterocycles. The van der Waals surface area contributed by atoms with Gasteiger partial charge in [0.15, 0.2) is 5.78 Å². The highest BCUT2D eigenvalue weighted by atomic mass is 16.6. The highest BCUT2D eigenvalue weighted by Crippen LogP contribution is 2.32. The standard InChI is InChI=1S/C22H18N2O5/c1-14-3-10-19(20(13-14)24(27)28)22-12-9-18(29-22)8-11-21(26)16-4-6-17(7-5-16)23-15(2)25/h3-13H,1-2H3,(H,23,25)/b11-8+. The van der Waals surface area contributed by atoms with Crippen LogP contribution in [0.3, 0.4) is 0 Å². The highest BCUT2D eigenvalue weighted by Gasteiger charge is 2.18. The van der Waals surface area contributed by atoms with E-state index in [0.717, 1.165) is 5.56 Å². The van der Waals surface area contributed by atoms with Crippen LogP contribution in [0.4, 0.5) is 11.4 Å². The monoisotopic (exact) mass is 390 g/mol. The van der Waals surface area contributed by atoms with Crippen LogP contribution in [0.15, 0.2) is 65.1 Å². The maximum atomic E-state index is 12.3. The minimum absolute atomic E-state index is 0.0368. The Labute approximate surface area is 166 Å². The zero-order valence-electron chi connectivity index (χ0n) is 15.8. The molecule has 0 saturated heterocycles. The summed E-state index contributed by atoms with van der Waals surface area (Å²) in [6.07, 6.45) is 2.87. The van der Waals surface area contributed by atoms with Crippen molar-refractivity contribution in [3.05, 3.63) is 87.7 Å². The van der Waals surface area contributed by atoms with E-state index in [1.807, 2.05) is 0 Å². The van der Waals surface area contributed by atoms with Gasteiger partial charge < -0.3 is 9.73 Å². The quantitative estimate of drug-likeness (QED) is 0.276. The number of hydrogen-bond acceptors (Lipinski definition) is 5. The van der Waals surface area contributed by atoms with Crippen molar-refractivity contribution < 1.29 is 18.9 Å². The summed E-state index contributed by atoms with van der Waals surface area (Å²) in [5.74, 6) is 0.326. The molecule has 29 heavy (non-hydrogen) atoms. The second kappa shape index (κ2) is 8.35. The van der Waals surface area contributed by atoms with Crippen LogP contribution in [0.2, 0.25) is 0 Å². The normalized spacial score (nSPS) is 10.8. The van der Waals surface area contributed by atoms with E-state index >= 15 is 0 Å². The van der Waals surface area contributed by atoms with Gasteiger partial charge in [0.25, 0.3) is 5.69 Å². The SMILES string of the molecule is CC(=O)Nc1ccc(C(=O)/C=C/c2ccc(-c3ccc(C)cc3[N+](=O)[O-])o2)cc1. The predicted octanol–water partition coefficient (Wildman–Crippen LogP) is 5.02.